The highest BCUT2D eigenvalue weighted by atomic mass is 35.5. The van der Waals surface area contributed by atoms with Crippen LogP contribution in [0.4, 0.5) is 5.69 Å². The molecule has 0 fully saturated rings. The maximum Gasteiger partial charge on any atom is 0.273 e. The zero-order valence-electron chi connectivity index (χ0n) is 12.4. The van der Waals surface area contributed by atoms with Crippen molar-refractivity contribution in [3.63, 3.8) is 0 Å². The summed E-state index contributed by atoms with van der Waals surface area (Å²) in [6, 6.07) is 0. The fraction of sp³-hybridized carbons (Fsp3) is 0.462. The molecule has 0 aliphatic heterocycles. The van der Waals surface area contributed by atoms with Crippen molar-refractivity contribution >= 4 is 23.2 Å². The topological polar surface area (TPSA) is 90.8 Å². The van der Waals surface area contributed by atoms with Gasteiger partial charge in [0.25, 0.3) is 5.91 Å². The van der Waals surface area contributed by atoms with Crippen LogP contribution in [0.25, 0.3) is 0 Å². The first-order valence-corrected chi connectivity index (χ1v) is 7.04. The number of nitrogens with zero attached hydrogens (tertiary/aromatic N) is 4. The van der Waals surface area contributed by atoms with Crippen molar-refractivity contribution < 1.29 is 4.79 Å². The monoisotopic (exact) mass is 310 g/mol. The van der Waals surface area contributed by atoms with Crippen molar-refractivity contribution in [1.29, 1.82) is 0 Å². The van der Waals surface area contributed by atoms with Crippen LogP contribution in [-0.2, 0) is 13.6 Å². The minimum atomic E-state index is -0.264. The van der Waals surface area contributed by atoms with Crippen molar-refractivity contribution in [3.8, 4) is 0 Å². The summed E-state index contributed by atoms with van der Waals surface area (Å²) in [7, 11) is 1.72. The number of nitrogen functional groups attached to an aromatic ring is 1. The van der Waals surface area contributed by atoms with E-state index in [0.29, 0.717) is 23.8 Å². The molecule has 0 aromatic carbocycles. The number of aromatic nitrogens is 4. The van der Waals surface area contributed by atoms with Crippen LogP contribution in [0.1, 0.15) is 28.3 Å². The lowest BCUT2D eigenvalue weighted by molar-refractivity contribution is 0.0947. The molecule has 21 heavy (non-hydrogen) atoms. The van der Waals surface area contributed by atoms with Crippen LogP contribution in [0.3, 0.4) is 0 Å². The van der Waals surface area contributed by atoms with Gasteiger partial charge in [-0.1, -0.05) is 11.6 Å². The lowest BCUT2D eigenvalue weighted by Gasteiger charge is -2.06. The number of halogens is 1. The van der Waals surface area contributed by atoms with E-state index < -0.39 is 0 Å². The summed E-state index contributed by atoms with van der Waals surface area (Å²) in [5.74, 6) is -0.264. The van der Waals surface area contributed by atoms with Crippen LogP contribution >= 0.6 is 11.6 Å². The van der Waals surface area contributed by atoms with Crippen LogP contribution in [-0.4, -0.2) is 32.0 Å². The molecule has 0 atom stereocenters. The molecule has 2 rings (SSSR count). The summed E-state index contributed by atoms with van der Waals surface area (Å²) in [5.41, 5.74) is 8.09. The number of hydrogen-bond donors (Lipinski definition) is 2. The summed E-state index contributed by atoms with van der Waals surface area (Å²) in [4.78, 5) is 11.9. The molecule has 0 saturated carbocycles. The third-order valence-electron chi connectivity index (χ3n) is 3.20. The normalized spacial score (nSPS) is 10.9. The highest BCUT2D eigenvalue weighted by Gasteiger charge is 2.13. The average molecular weight is 311 g/mol. The molecule has 2 aromatic rings. The smallest absolute Gasteiger partial charge is 0.273 e. The fourth-order valence-corrected chi connectivity index (χ4v) is 2.23. The Morgan fingerprint density at radius 3 is 2.67 bits per heavy atom. The predicted octanol–water partition coefficient (Wildman–Crippen LogP) is 1.29. The number of nitrogens with two attached hydrogens (primary N) is 1. The molecule has 2 heterocycles. The zero-order chi connectivity index (χ0) is 15.6. The van der Waals surface area contributed by atoms with E-state index in [2.05, 4.69) is 15.5 Å². The van der Waals surface area contributed by atoms with E-state index in [1.807, 2.05) is 18.5 Å². The third-order valence-corrected chi connectivity index (χ3v) is 3.74. The van der Waals surface area contributed by atoms with Crippen LogP contribution in [0.5, 0.6) is 0 Å². The number of anilines is 1. The number of hydrogen-bond acceptors (Lipinski definition) is 4. The Kier molecular flexibility index (Phi) is 4.52. The van der Waals surface area contributed by atoms with E-state index in [1.165, 1.54) is 4.68 Å². The molecule has 0 aliphatic carbocycles. The summed E-state index contributed by atoms with van der Waals surface area (Å²) >= 11 is 6.08. The Morgan fingerprint density at radius 2 is 2.14 bits per heavy atom. The van der Waals surface area contributed by atoms with E-state index in [9.17, 15) is 4.79 Å². The van der Waals surface area contributed by atoms with E-state index in [-0.39, 0.29) is 11.6 Å². The Hall–Kier alpha value is -2.02. The van der Waals surface area contributed by atoms with Gasteiger partial charge in [0.2, 0.25) is 0 Å². The highest BCUT2D eigenvalue weighted by molar-refractivity contribution is 6.31. The number of aryl methyl sites for hydroxylation is 3. The second-order valence-corrected chi connectivity index (χ2v) is 5.30. The molecular weight excluding hydrogens is 292 g/mol. The summed E-state index contributed by atoms with van der Waals surface area (Å²) in [5, 5.41) is 11.8. The number of carbonyl (C=O) groups is 1. The number of rotatable bonds is 5. The number of carbonyl (C=O) groups excluding carboxylic acids is 1. The zero-order valence-corrected chi connectivity index (χ0v) is 13.1. The van der Waals surface area contributed by atoms with Crippen LogP contribution in [0, 0.1) is 13.8 Å². The Morgan fingerprint density at radius 1 is 1.43 bits per heavy atom. The molecule has 2 aromatic heterocycles. The van der Waals surface area contributed by atoms with Crippen LogP contribution in [0.2, 0.25) is 5.02 Å². The lowest BCUT2D eigenvalue weighted by atomic mass is 10.3. The van der Waals surface area contributed by atoms with Gasteiger partial charge in [-0.2, -0.15) is 10.2 Å². The highest BCUT2D eigenvalue weighted by Crippen LogP contribution is 2.18. The van der Waals surface area contributed by atoms with Gasteiger partial charge in [-0.3, -0.25) is 14.2 Å². The van der Waals surface area contributed by atoms with Crippen molar-refractivity contribution in [2.75, 3.05) is 12.3 Å². The molecule has 0 unspecified atom stereocenters. The molecule has 1 amide bonds. The maximum atomic E-state index is 11.9. The summed E-state index contributed by atoms with van der Waals surface area (Å²) in [6.07, 6.45) is 2.35. The molecule has 0 radical (unpaired) electrons. The van der Waals surface area contributed by atoms with Crippen molar-refractivity contribution in [2.45, 2.75) is 26.8 Å². The molecule has 8 heteroatoms. The van der Waals surface area contributed by atoms with Crippen LogP contribution in [0.15, 0.2) is 6.20 Å². The van der Waals surface area contributed by atoms with Gasteiger partial charge in [0.15, 0.2) is 5.69 Å². The maximum absolute atomic E-state index is 11.9. The van der Waals surface area contributed by atoms with Crippen molar-refractivity contribution in [3.05, 3.63) is 28.3 Å². The van der Waals surface area contributed by atoms with E-state index >= 15 is 0 Å². The minimum Gasteiger partial charge on any atom is -0.396 e. The first-order valence-electron chi connectivity index (χ1n) is 6.67. The van der Waals surface area contributed by atoms with Crippen molar-refractivity contribution in [1.82, 2.24) is 24.9 Å². The van der Waals surface area contributed by atoms with Gasteiger partial charge in [0.1, 0.15) is 0 Å². The number of nitrogens with one attached hydrogen (secondary N) is 1. The van der Waals surface area contributed by atoms with E-state index in [1.54, 1.807) is 13.2 Å². The lowest BCUT2D eigenvalue weighted by Crippen LogP contribution is -2.26. The van der Waals surface area contributed by atoms with Gasteiger partial charge >= 0.3 is 0 Å². The van der Waals surface area contributed by atoms with Gasteiger partial charge in [-0.15, -0.1) is 0 Å². The molecule has 7 nitrogen and oxygen atoms in total. The molecule has 0 bridgehead atoms. The quantitative estimate of drug-likeness (QED) is 0.814. The second kappa shape index (κ2) is 6.17. The molecule has 0 aliphatic rings. The second-order valence-electron chi connectivity index (χ2n) is 4.92. The summed E-state index contributed by atoms with van der Waals surface area (Å²) < 4.78 is 3.36. The largest absolute Gasteiger partial charge is 0.396 e. The SMILES string of the molecule is Cc1nn(CCCNC(=O)c2nn(C)cc2N)c(C)c1Cl. The third kappa shape index (κ3) is 3.36. The van der Waals surface area contributed by atoms with Gasteiger partial charge in [-0.25, -0.2) is 0 Å². The van der Waals surface area contributed by atoms with Gasteiger partial charge < -0.3 is 11.1 Å². The van der Waals surface area contributed by atoms with Crippen LogP contribution < -0.4 is 11.1 Å². The summed E-state index contributed by atoms with van der Waals surface area (Å²) in [6.45, 7) is 5.01. The first kappa shape index (κ1) is 15.4. The van der Waals surface area contributed by atoms with Gasteiger partial charge in [0, 0.05) is 26.3 Å². The first-order chi connectivity index (χ1) is 9.90. The Balaban J connectivity index is 1.83. The standard InChI is InChI=1S/C13H19ClN6O/c1-8-11(14)9(2)20(17-8)6-4-5-16-13(21)12-10(15)7-19(3)18-12/h7H,4-6,15H2,1-3H3,(H,16,21). The number of amides is 1. The molecule has 0 spiro atoms. The van der Waals surface area contributed by atoms with Gasteiger partial charge in [-0.05, 0) is 20.3 Å². The molecule has 0 saturated heterocycles. The van der Waals surface area contributed by atoms with Crippen molar-refractivity contribution in [2.24, 2.45) is 7.05 Å². The van der Waals surface area contributed by atoms with E-state index in [0.717, 1.165) is 17.8 Å². The molecular formula is C13H19ClN6O. The predicted molar refractivity (Wildman–Crippen MR) is 81.3 cm³/mol. The van der Waals surface area contributed by atoms with E-state index in [4.69, 9.17) is 17.3 Å². The molecule has 3 N–H and O–H groups in total. The Bertz CT molecular complexity index is 660. The Labute approximate surface area is 128 Å². The minimum absolute atomic E-state index is 0.256. The average Bonchev–Trinajstić information content (AvgIpc) is 2.89. The molecule has 114 valence electrons. The fourth-order valence-electron chi connectivity index (χ4n) is 2.09. The van der Waals surface area contributed by atoms with Gasteiger partial charge in [0.05, 0.1) is 22.1 Å².